The summed E-state index contributed by atoms with van der Waals surface area (Å²) in [5.41, 5.74) is 1.76. The fraction of sp³-hybridized carbons (Fsp3) is 0.273. The van der Waals surface area contributed by atoms with Crippen LogP contribution in [0.3, 0.4) is 0 Å². The molecule has 4 heteroatoms. The SMILES string of the molecule is CCCc1cc2c(=O)[nH]c(=O)c2c2oc12. The van der Waals surface area contributed by atoms with Crippen LogP contribution < -0.4 is 11.1 Å². The van der Waals surface area contributed by atoms with Crippen molar-refractivity contribution >= 4 is 21.9 Å². The van der Waals surface area contributed by atoms with Gasteiger partial charge in [0.25, 0.3) is 11.1 Å². The Morgan fingerprint density at radius 3 is 2.80 bits per heavy atom. The highest BCUT2D eigenvalue weighted by Gasteiger charge is 2.21. The lowest BCUT2D eigenvalue weighted by molar-refractivity contribution is 0.751. The maximum Gasteiger partial charge on any atom is 0.262 e. The Morgan fingerprint density at radius 1 is 1.27 bits per heavy atom. The molecule has 0 aliphatic rings. The van der Waals surface area contributed by atoms with Crippen LogP contribution >= 0.6 is 0 Å². The molecule has 0 aliphatic heterocycles. The van der Waals surface area contributed by atoms with E-state index in [-0.39, 0.29) is 11.1 Å². The molecule has 0 saturated carbocycles. The number of hydrogen-bond donors (Lipinski definition) is 1. The Bertz CT molecular complexity index is 722. The van der Waals surface area contributed by atoms with Gasteiger partial charge in [0.15, 0.2) is 11.2 Å². The molecule has 0 aliphatic carbocycles. The first kappa shape index (κ1) is 8.47. The van der Waals surface area contributed by atoms with E-state index in [1.807, 2.05) is 0 Å². The zero-order chi connectivity index (χ0) is 10.6. The molecule has 2 heterocycles. The summed E-state index contributed by atoms with van der Waals surface area (Å²) in [4.78, 5) is 25.1. The summed E-state index contributed by atoms with van der Waals surface area (Å²) in [6.07, 6.45) is 1.86. The molecule has 0 unspecified atom stereocenters. The van der Waals surface area contributed by atoms with Gasteiger partial charge in [0.1, 0.15) is 0 Å². The highest BCUT2D eigenvalue weighted by molar-refractivity contribution is 6.07. The van der Waals surface area contributed by atoms with Gasteiger partial charge in [-0.3, -0.25) is 14.6 Å². The van der Waals surface area contributed by atoms with Crippen molar-refractivity contribution in [1.82, 2.24) is 4.98 Å². The van der Waals surface area contributed by atoms with Crippen LogP contribution in [0.25, 0.3) is 21.9 Å². The molecule has 3 rings (SSSR count). The molecule has 0 amide bonds. The Hall–Kier alpha value is -1.84. The number of aryl methyl sites for hydroxylation is 1. The highest BCUT2D eigenvalue weighted by Crippen LogP contribution is 2.33. The summed E-state index contributed by atoms with van der Waals surface area (Å²) in [6, 6.07) is 1.77. The number of hydrogen-bond acceptors (Lipinski definition) is 3. The smallest absolute Gasteiger partial charge is 0.262 e. The van der Waals surface area contributed by atoms with Gasteiger partial charge >= 0.3 is 0 Å². The molecular formula is C11H9NO3. The molecule has 0 saturated heterocycles. The fourth-order valence-corrected chi connectivity index (χ4v) is 1.98. The van der Waals surface area contributed by atoms with Crippen LogP contribution in [-0.2, 0) is 6.42 Å². The molecule has 4 nitrogen and oxygen atoms in total. The maximum atomic E-state index is 11.4. The molecule has 0 bridgehead atoms. The third-order valence-electron chi connectivity index (χ3n) is 2.69. The molecule has 1 N–H and O–H groups in total. The lowest BCUT2D eigenvalue weighted by atomic mass is 10.1. The normalized spacial score (nSPS) is 12.1. The number of rotatable bonds is 2. The summed E-state index contributed by atoms with van der Waals surface area (Å²) in [5, 5.41) is 0.870. The topological polar surface area (TPSA) is 63.1 Å². The second-order valence-corrected chi connectivity index (χ2v) is 3.75. The van der Waals surface area contributed by atoms with Gasteiger partial charge in [-0.15, -0.1) is 0 Å². The number of aromatic nitrogens is 1. The predicted molar refractivity (Wildman–Crippen MR) is 57.0 cm³/mol. The van der Waals surface area contributed by atoms with Crippen LogP contribution in [0, 0.1) is 0 Å². The largest absolute Gasteiger partial charge is 0.448 e. The van der Waals surface area contributed by atoms with Gasteiger partial charge in [0.2, 0.25) is 0 Å². The van der Waals surface area contributed by atoms with Crippen molar-refractivity contribution in [2.75, 3.05) is 0 Å². The molecule has 0 radical (unpaired) electrons. The predicted octanol–water partition coefficient (Wildman–Crippen LogP) is 1.46. The Kier molecular flexibility index (Phi) is 1.46. The van der Waals surface area contributed by atoms with Crippen molar-refractivity contribution in [3.63, 3.8) is 0 Å². The minimum Gasteiger partial charge on any atom is -0.448 e. The van der Waals surface area contributed by atoms with Gasteiger partial charge in [0.05, 0.1) is 10.8 Å². The van der Waals surface area contributed by atoms with Crippen LogP contribution in [0.5, 0.6) is 0 Å². The summed E-state index contributed by atoms with van der Waals surface area (Å²) >= 11 is 0. The minimum atomic E-state index is -0.341. The van der Waals surface area contributed by atoms with E-state index < -0.39 is 0 Å². The van der Waals surface area contributed by atoms with Gasteiger partial charge in [-0.1, -0.05) is 13.3 Å². The first-order chi connectivity index (χ1) is 7.22. The second kappa shape index (κ2) is 2.59. The molecule has 3 aromatic rings. The van der Waals surface area contributed by atoms with E-state index in [1.165, 1.54) is 0 Å². The molecule has 1 aromatic carbocycles. The third-order valence-corrected chi connectivity index (χ3v) is 2.69. The second-order valence-electron chi connectivity index (χ2n) is 3.75. The summed E-state index contributed by atoms with van der Waals surface area (Å²) in [7, 11) is 0. The third kappa shape index (κ3) is 1.02. The van der Waals surface area contributed by atoms with E-state index in [4.69, 9.17) is 4.42 Å². The van der Waals surface area contributed by atoms with Crippen molar-refractivity contribution in [2.45, 2.75) is 19.8 Å². The van der Waals surface area contributed by atoms with E-state index in [9.17, 15) is 9.59 Å². The summed E-state index contributed by atoms with van der Waals surface area (Å²) in [5.74, 6) is 0. The van der Waals surface area contributed by atoms with Crippen LogP contribution in [0.4, 0.5) is 0 Å². The average Bonchev–Trinajstić information content (AvgIpc) is 2.92. The molecule has 2 aromatic heterocycles. The monoisotopic (exact) mass is 203 g/mol. The quantitative estimate of drug-likeness (QED) is 0.685. The van der Waals surface area contributed by atoms with E-state index in [0.717, 1.165) is 24.0 Å². The van der Waals surface area contributed by atoms with E-state index in [1.54, 1.807) is 6.07 Å². The van der Waals surface area contributed by atoms with Crippen molar-refractivity contribution in [3.8, 4) is 0 Å². The standard InChI is InChI=1S/C11H9NO3/c1-2-3-5-4-6-7(9-8(5)15-9)11(14)12-10(6)13/h4H,2-3H2,1H3,(H,12,13,14). The van der Waals surface area contributed by atoms with Crippen molar-refractivity contribution in [3.05, 3.63) is 32.3 Å². The van der Waals surface area contributed by atoms with Gasteiger partial charge in [-0.25, -0.2) is 0 Å². The fourth-order valence-electron chi connectivity index (χ4n) is 1.98. The molecule has 0 fully saturated rings. The van der Waals surface area contributed by atoms with E-state index in [2.05, 4.69) is 11.9 Å². The van der Waals surface area contributed by atoms with Crippen LogP contribution in [0.2, 0.25) is 0 Å². The van der Waals surface area contributed by atoms with E-state index in [0.29, 0.717) is 16.4 Å². The van der Waals surface area contributed by atoms with Crippen LogP contribution in [0.15, 0.2) is 20.1 Å². The van der Waals surface area contributed by atoms with Crippen molar-refractivity contribution < 1.29 is 4.42 Å². The van der Waals surface area contributed by atoms with Crippen LogP contribution in [-0.4, -0.2) is 4.98 Å². The molecule has 76 valence electrons. The van der Waals surface area contributed by atoms with Crippen LogP contribution in [0.1, 0.15) is 18.9 Å². The lowest BCUT2D eigenvalue weighted by Gasteiger charge is -1.92. The first-order valence-electron chi connectivity index (χ1n) is 4.95. The molecule has 0 spiro atoms. The van der Waals surface area contributed by atoms with Gasteiger partial charge in [0, 0.05) is 0 Å². The first-order valence-corrected chi connectivity index (χ1v) is 4.95. The van der Waals surface area contributed by atoms with Gasteiger partial charge in [-0.2, -0.15) is 0 Å². The molecule has 0 atom stereocenters. The number of aromatic amines is 1. The van der Waals surface area contributed by atoms with Crippen molar-refractivity contribution in [2.24, 2.45) is 0 Å². The molecule has 15 heavy (non-hydrogen) atoms. The van der Waals surface area contributed by atoms with Gasteiger partial charge < -0.3 is 4.42 Å². The maximum absolute atomic E-state index is 11.4. The lowest BCUT2D eigenvalue weighted by Crippen LogP contribution is -2.05. The summed E-state index contributed by atoms with van der Waals surface area (Å²) in [6.45, 7) is 2.06. The average molecular weight is 203 g/mol. The number of benzene rings is 1. The highest BCUT2D eigenvalue weighted by atomic mass is 16.4. The zero-order valence-electron chi connectivity index (χ0n) is 8.22. The molecular weight excluding hydrogens is 194 g/mol. The number of nitrogens with one attached hydrogen (secondary N) is 1. The number of H-pyrrole nitrogens is 1. The summed E-state index contributed by atoms with van der Waals surface area (Å²) < 4.78 is 5.27. The number of fused-ring (bicyclic) bond motifs is 3. The Morgan fingerprint density at radius 2 is 2.07 bits per heavy atom. The Balaban J connectivity index is 2.45. The minimum absolute atomic E-state index is 0.314. The Labute approximate surface area is 84.2 Å². The van der Waals surface area contributed by atoms with E-state index >= 15 is 0 Å². The van der Waals surface area contributed by atoms with Gasteiger partial charge in [-0.05, 0) is 18.1 Å². The zero-order valence-corrected chi connectivity index (χ0v) is 8.22. The van der Waals surface area contributed by atoms with Crippen molar-refractivity contribution in [1.29, 1.82) is 0 Å².